The van der Waals surface area contributed by atoms with Crippen LogP contribution in [-0.2, 0) is 17.1 Å². The van der Waals surface area contributed by atoms with Crippen LogP contribution in [0.3, 0.4) is 0 Å². The van der Waals surface area contributed by atoms with E-state index < -0.39 is 18.1 Å². The maximum atomic E-state index is 7.33. The van der Waals surface area contributed by atoms with Gasteiger partial charge in [-0.05, 0) is 0 Å². The molecule has 0 fully saturated rings. The van der Waals surface area contributed by atoms with E-state index in [1.54, 1.807) is 0 Å². The summed E-state index contributed by atoms with van der Waals surface area (Å²) in [5.41, 5.74) is 0. The molecule has 0 aliphatic rings. The van der Waals surface area contributed by atoms with Gasteiger partial charge in [-0.3, -0.25) is 0 Å². The molecule has 8 nitrogen and oxygen atoms in total. The Morgan fingerprint density at radius 1 is 0.429 bits per heavy atom. The van der Waals surface area contributed by atoms with Crippen molar-refractivity contribution in [2.45, 2.75) is 0 Å². The Balaban J connectivity index is -0.0000000178. The fourth-order valence-electron chi connectivity index (χ4n) is 0. The van der Waals surface area contributed by atoms with E-state index in [1.165, 1.54) is 0 Å². The molecule has 0 aromatic rings. The molecule has 0 aliphatic heterocycles. The Hall–Kier alpha value is 2.93. The van der Waals surface area contributed by atoms with Crippen LogP contribution in [0.4, 0.5) is 0 Å². The Labute approximate surface area is 141 Å². The average molecular weight is 321 g/mol. The van der Waals surface area contributed by atoms with Crippen LogP contribution in [-0.4, -0.2) is 126 Å². The summed E-state index contributed by atoms with van der Waals surface area (Å²) >= 11 is 0. The molecule has 0 saturated carbocycles. The minimum Gasteiger partial charge on any atom is -0.368 e. The average Bonchev–Trinajstić information content (AvgIpc) is 1.12. The molecule has 8 N–H and O–H groups in total. The quantitative estimate of drug-likeness (QED) is 0.204. The van der Waals surface area contributed by atoms with Crippen molar-refractivity contribution in [1.29, 1.82) is 0 Å². The maximum absolute atomic E-state index is 7.33. The van der Waals surface area contributed by atoms with Crippen LogP contribution in [0.15, 0.2) is 0 Å². The first-order valence-electron chi connectivity index (χ1n) is 1.79. The second kappa shape index (κ2) is 15.9. The monoisotopic (exact) mass is 320 g/mol. The Kier molecular flexibility index (Phi) is 40.9. The summed E-state index contributed by atoms with van der Waals surface area (Å²) < 4.78 is 0. The van der Waals surface area contributed by atoms with Crippen LogP contribution in [0, 0.1) is 0 Å². The predicted octanol–water partition coefficient (Wildman–Crippen LogP) is -6.36. The van der Waals surface area contributed by atoms with Crippen molar-refractivity contribution in [1.82, 2.24) is 0 Å². The van der Waals surface area contributed by atoms with Gasteiger partial charge in [0.25, 0.3) is 0 Å². The van der Waals surface area contributed by atoms with Gasteiger partial charge >= 0.3 is 18.1 Å². The third-order valence-corrected chi connectivity index (χ3v) is 0. The van der Waals surface area contributed by atoms with Crippen molar-refractivity contribution < 1.29 is 55.4 Å². The number of hydrogen-bond acceptors (Lipinski definition) is 8. The summed E-state index contributed by atoms with van der Waals surface area (Å²) in [5.74, 6) is 0. The summed E-state index contributed by atoms with van der Waals surface area (Å²) in [7, 11) is -9.22. The second-order valence-corrected chi connectivity index (χ2v) is 3.60. The molecule has 6 radical (unpaired) electrons. The zero-order valence-corrected chi connectivity index (χ0v) is 14.4. The van der Waals surface area contributed by atoms with Gasteiger partial charge in [0.05, 0.1) is 0 Å². The van der Waals surface area contributed by atoms with E-state index in [1.807, 2.05) is 0 Å². The van der Waals surface area contributed by atoms with E-state index >= 15 is 0 Å². The smallest absolute Gasteiger partial charge is 0.368 e. The molecular formula is H8FeMg3O8Si2. The fourth-order valence-corrected chi connectivity index (χ4v) is 0. The van der Waals surface area contributed by atoms with Gasteiger partial charge in [0.1, 0.15) is 0 Å². The van der Waals surface area contributed by atoms with E-state index in [0.29, 0.717) is 0 Å². The van der Waals surface area contributed by atoms with Gasteiger partial charge in [-0.2, -0.15) is 0 Å². The van der Waals surface area contributed by atoms with Crippen LogP contribution in [0.1, 0.15) is 0 Å². The molecule has 0 bridgehead atoms. The van der Waals surface area contributed by atoms with Crippen LogP contribution in [0.5, 0.6) is 0 Å². The minimum absolute atomic E-state index is 0. The van der Waals surface area contributed by atoms with Crippen LogP contribution in [0.25, 0.3) is 0 Å². The van der Waals surface area contributed by atoms with Gasteiger partial charge in [-0.1, -0.05) is 0 Å². The second-order valence-electron chi connectivity index (χ2n) is 1.20. The molecule has 0 amide bonds. The first-order valence-corrected chi connectivity index (χ1v) is 5.37. The van der Waals surface area contributed by atoms with Crippen molar-refractivity contribution in [3.8, 4) is 0 Å². The zero-order chi connectivity index (χ0) is 9.00. The molecule has 0 unspecified atom stereocenters. The van der Waals surface area contributed by atoms with Gasteiger partial charge in [0.15, 0.2) is 0 Å². The van der Waals surface area contributed by atoms with Gasteiger partial charge < -0.3 is 38.4 Å². The summed E-state index contributed by atoms with van der Waals surface area (Å²) in [6.07, 6.45) is 0. The van der Waals surface area contributed by atoms with Crippen molar-refractivity contribution in [3.05, 3.63) is 0 Å². The standard InChI is InChI=1S/Fe.3Mg.2H4O4Si/c;;;;2*1-5(2,3)4/h;;;;2*1-4H. The van der Waals surface area contributed by atoms with Crippen LogP contribution < -0.4 is 0 Å². The van der Waals surface area contributed by atoms with E-state index in [-0.39, 0.29) is 86.2 Å². The normalized spacial score (nSPS) is 8.57. The van der Waals surface area contributed by atoms with Gasteiger partial charge in [0.2, 0.25) is 0 Å². The number of rotatable bonds is 0. The minimum atomic E-state index is -4.61. The third kappa shape index (κ3) is 337. The SMILES string of the molecule is O[Si](O)(O)O.O[Si](O)(O)O.[Fe].[Mg].[Mg].[Mg]. The van der Waals surface area contributed by atoms with Gasteiger partial charge in [-0.15, -0.1) is 0 Å². The van der Waals surface area contributed by atoms with Crippen molar-refractivity contribution >= 4 is 87.3 Å². The molecule has 78 valence electrons. The molecule has 0 spiro atoms. The van der Waals surface area contributed by atoms with Crippen LogP contribution in [0.2, 0.25) is 0 Å². The topological polar surface area (TPSA) is 162 Å². The van der Waals surface area contributed by atoms with E-state index in [0.717, 1.165) is 0 Å². The maximum Gasteiger partial charge on any atom is 0.668 e. The molecule has 14 heteroatoms. The molecule has 0 aliphatic carbocycles. The Bertz CT molecular complexity index is 65.6. The summed E-state index contributed by atoms with van der Waals surface area (Å²) in [6, 6.07) is 0. The fraction of sp³-hybridized carbons (Fsp3) is 0. The Morgan fingerprint density at radius 2 is 0.429 bits per heavy atom. The summed E-state index contributed by atoms with van der Waals surface area (Å²) in [5, 5.41) is 0. The Morgan fingerprint density at radius 3 is 0.429 bits per heavy atom. The molecule has 14 heavy (non-hydrogen) atoms. The van der Waals surface area contributed by atoms with Crippen molar-refractivity contribution in [2.24, 2.45) is 0 Å². The van der Waals surface area contributed by atoms with E-state index in [2.05, 4.69) is 0 Å². The zero-order valence-electron chi connectivity index (χ0n) is 7.05. The van der Waals surface area contributed by atoms with Crippen LogP contribution >= 0.6 is 0 Å². The first kappa shape index (κ1) is 36.0. The largest absolute Gasteiger partial charge is 0.668 e. The molecule has 0 aromatic heterocycles. The predicted molar refractivity (Wildman–Crippen MR) is 46.5 cm³/mol. The van der Waals surface area contributed by atoms with Gasteiger partial charge in [0, 0.05) is 86.2 Å². The number of hydrogen-bond donors (Lipinski definition) is 8. The first-order chi connectivity index (χ1) is 4.00. The van der Waals surface area contributed by atoms with E-state index in [4.69, 9.17) is 38.4 Å². The molecule has 0 aromatic carbocycles. The van der Waals surface area contributed by atoms with Gasteiger partial charge in [-0.25, -0.2) is 0 Å². The van der Waals surface area contributed by atoms with Crippen molar-refractivity contribution in [2.75, 3.05) is 0 Å². The molecule has 0 rings (SSSR count). The summed E-state index contributed by atoms with van der Waals surface area (Å²) in [4.78, 5) is 58.6. The molecule has 0 atom stereocenters. The molecule has 0 saturated heterocycles. The van der Waals surface area contributed by atoms with Crippen molar-refractivity contribution in [3.63, 3.8) is 0 Å². The van der Waals surface area contributed by atoms with E-state index in [9.17, 15) is 0 Å². The third-order valence-electron chi connectivity index (χ3n) is 0. The molecular weight excluding hydrogens is 313 g/mol. The molecule has 0 heterocycles. The summed E-state index contributed by atoms with van der Waals surface area (Å²) in [6.45, 7) is 0.